The number of carbonyl (C=O) groups is 1. The number of carbonyl (C=O) groups excluding carboxylic acids is 1. The molecule has 18 heavy (non-hydrogen) atoms. The van der Waals surface area contributed by atoms with Gasteiger partial charge in [0.2, 0.25) is 5.91 Å². The number of thiophene rings is 1. The maximum absolute atomic E-state index is 12.9. The van der Waals surface area contributed by atoms with Gasteiger partial charge >= 0.3 is 0 Å². The van der Waals surface area contributed by atoms with Gasteiger partial charge in [-0.3, -0.25) is 4.79 Å². The first-order valence-corrected chi connectivity index (χ1v) is 6.74. The van der Waals surface area contributed by atoms with Crippen LogP contribution in [0.25, 0.3) is 0 Å². The van der Waals surface area contributed by atoms with Crippen molar-refractivity contribution in [3.63, 3.8) is 0 Å². The maximum atomic E-state index is 12.9. The Morgan fingerprint density at radius 3 is 3.11 bits per heavy atom. The van der Waals surface area contributed by atoms with Gasteiger partial charge in [-0.2, -0.15) is 0 Å². The van der Waals surface area contributed by atoms with Crippen LogP contribution in [0.15, 0.2) is 11.4 Å². The number of amides is 1. The molecule has 1 atom stereocenters. The summed E-state index contributed by atoms with van der Waals surface area (Å²) >= 11 is 1.61. The predicted molar refractivity (Wildman–Crippen MR) is 65.0 cm³/mol. The van der Waals surface area contributed by atoms with E-state index in [1.165, 1.54) is 4.88 Å². The number of hydrogen-bond donors (Lipinski definition) is 2. The summed E-state index contributed by atoms with van der Waals surface area (Å²) in [7, 11) is 0. The molecule has 0 saturated carbocycles. The van der Waals surface area contributed by atoms with Gasteiger partial charge in [-0.1, -0.05) is 0 Å². The lowest BCUT2D eigenvalue weighted by Gasteiger charge is -2.23. The van der Waals surface area contributed by atoms with Crippen LogP contribution in [0.5, 0.6) is 0 Å². The van der Waals surface area contributed by atoms with Crippen LogP contribution in [0.1, 0.15) is 29.2 Å². The van der Waals surface area contributed by atoms with Crippen LogP contribution in [0.4, 0.5) is 8.78 Å². The number of aryl methyl sites for hydroxylation is 1. The smallest absolute Gasteiger partial charge is 0.287 e. The van der Waals surface area contributed by atoms with Gasteiger partial charge in [0.05, 0.1) is 12.5 Å². The molecule has 1 aromatic rings. The number of aliphatic hydroxyl groups excluding tert-OH is 1. The number of aliphatic hydroxyl groups is 1. The molecule has 2 rings (SSSR count). The Labute approximate surface area is 108 Å². The molecule has 1 amide bonds. The van der Waals surface area contributed by atoms with E-state index in [1.807, 2.05) is 11.4 Å². The second-order valence-corrected chi connectivity index (χ2v) is 5.48. The van der Waals surface area contributed by atoms with Gasteiger partial charge in [0.1, 0.15) is 6.61 Å². The molecular weight excluding hydrogens is 260 g/mol. The molecule has 0 radical (unpaired) electrons. The first-order chi connectivity index (χ1) is 8.53. The second kappa shape index (κ2) is 5.32. The Morgan fingerprint density at radius 1 is 1.61 bits per heavy atom. The lowest BCUT2D eigenvalue weighted by molar-refractivity contribution is -0.125. The van der Waals surface area contributed by atoms with E-state index >= 15 is 0 Å². The lowest BCUT2D eigenvalue weighted by Crippen LogP contribution is -2.41. The number of alkyl halides is 2. The molecule has 2 N–H and O–H groups in total. The zero-order chi connectivity index (χ0) is 13.2. The topological polar surface area (TPSA) is 49.3 Å². The van der Waals surface area contributed by atoms with E-state index in [0.717, 1.165) is 18.4 Å². The van der Waals surface area contributed by atoms with Crippen molar-refractivity contribution in [1.29, 1.82) is 0 Å². The monoisotopic (exact) mass is 275 g/mol. The number of fused-ring (bicyclic) bond motifs is 1. The number of nitrogens with one attached hydrogen (secondary N) is 1. The Kier molecular flexibility index (Phi) is 3.97. The summed E-state index contributed by atoms with van der Waals surface area (Å²) in [6, 6.07) is 1.90. The summed E-state index contributed by atoms with van der Waals surface area (Å²) in [5, 5.41) is 12.6. The highest BCUT2D eigenvalue weighted by Gasteiger charge is 2.32. The molecule has 1 unspecified atom stereocenters. The normalized spacial score (nSPS) is 19.4. The number of halogens is 2. The summed E-state index contributed by atoms with van der Waals surface area (Å²) in [5.41, 5.74) is 0.969. The highest BCUT2D eigenvalue weighted by molar-refractivity contribution is 7.10. The van der Waals surface area contributed by atoms with Gasteiger partial charge in [0.25, 0.3) is 5.92 Å². The van der Waals surface area contributed by atoms with Crippen molar-refractivity contribution in [2.75, 3.05) is 13.2 Å². The first kappa shape index (κ1) is 13.4. The summed E-state index contributed by atoms with van der Waals surface area (Å²) in [5.74, 6) is -3.95. The van der Waals surface area contributed by atoms with Crippen molar-refractivity contribution < 1.29 is 18.7 Å². The van der Waals surface area contributed by atoms with Gasteiger partial charge in [0.15, 0.2) is 0 Å². The Balaban J connectivity index is 1.99. The number of hydrogen-bond acceptors (Lipinski definition) is 3. The summed E-state index contributed by atoms with van der Waals surface area (Å²) < 4.78 is 25.7. The molecule has 0 bridgehead atoms. The van der Waals surface area contributed by atoms with Crippen molar-refractivity contribution in [2.24, 2.45) is 0 Å². The van der Waals surface area contributed by atoms with E-state index < -0.39 is 19.1 Å². The molecule has 0 aromatic carbocycles. The molecule has 1 aliphatic carbocycles. The predicted octanol–water partition coefficient (Wildman–Crippen LogP) is 1.91. The van der Waals surface area contributed by atoms with Crippen molar-refractivity contribution >= 4 is 17.2 Å². The fraction of sp³-hybridized carbons (Fsp3) is 0.583. The van der Waals surface area contributed by atoms with Crippen LogP contribution in [-0.2, 0) is 11.2 Å². The van der Waals surface area contributed by atoms with Gasteiger partial charge in [-0.05, 0) is 36.3 Å². The van der Waals surface area contributed by atoms with Crippen molar-refractivity contribution in [2.45, 2.75) is 31.1 Å². The molecule has 6 heteroatoms. The molecule has 1 aromatic heterocycles. The largest absolute Gasteiger partial charge is 0.390 e. The molecular formula is C12H15F2NO2S. The third-order valence-electron chi connectivity index (χ3n) is 3.12. The van der Waals surface area contributed by atoms with E-state index in [-0.39, 0.29) is 11.8 Å². The molecule has 1 aliphatic rings. The molecule has 0 spiro atoms. The van der Waals surface area contributed by atoms with Gasteiger partial charge in [0, 0.05) is 4.88 Å². The Hall–Kier alpha value is -1.01. The average Bonchev–Trinajstić information content (AvgIpc) is 2.84. The third kappa shape index (κ3) is 2.87. The lowest BCUT2D eigenvalue weighted by atomic mass is 9.87. The van der Waals surface area contributed by atoms with Gasteiger partial charge in [-0.25, -0.2) is 8.78 Å². The van der Waals surface area contributed by atoms with Crippen molar-refractivity contribution in [1.82, 2.24) is 5.32 Å². The van der Waals surface area contributed by atoms with Crippen LogP contribution >= 0.6 is 11.3 Å². The summed E-state index contributed by atoms with van der Waals surface area (Å²) in [6.07, 6.45) is 2.56. The molecule has 100 valence electrons. The fourth-order valence-corrected chi connectivity index (χ4v) is 3.14. The van der Waals surface area contributed by atoms with E-state index in [9.17, 15) is 13.6 Å². The van der Waals surface area contributed by atoms with E-state index in [1.54, 1.807) is 11.3 Å². The maximum Gasteiger partial charge on any atom is 0.287 e. The minimum absolute atomic E-state index is 0.325. The highest BCUT2D eigenvalue weighted by atomic mass is 32.1. The Morgan fingerprint density at radius 2 is 2.39 bits per heavy atom. The van der Waals surface area contributed by atoms with Crippen LogP contribution in [-0.4, -0.2) is 30.1 Å². The number of rotatable bonds is 4. The molecule has 0 saturated heterocycles. The quantitative estimate of drug-likeness (QED) is 0.882. The standard InChI is InChI=1S/C12H15F2NO2S/c13-12(14,7-16)6-15-11(17)9-2-1-3-10-8(9)4-5-18-10/h4-5,9,16H,1-3,6-7H2,(H,15,17). The second-order valence-electron chi connectivity index (χ2n) is 4.48. The average molecular weight is 275 g/mol. The van der Waals surface area contributed by atoms with E-state index in [2.05, 4.69) is 5.32 Å². The van der Waals surface area contributed by atoms with Crippen LogP contribution in [0.3, 0.4) is 0 Å². The SMILES string of the molecule is O=C(NCC(F)(F)CO)C1CCCc2sccc21. The Bertz CT molecular complexity index is 433. The molecule has 3 nitrogen and oxygen atoms in total. The summed E-state index contributed by atoms with van der Waals surface area (Å²) in [4.78, 5) is 13.1. The minimum Gasteiger partial charge on any atom is -0.390 e. The fourth-order valence-electron chi connectivity index (χ4n) is 2.15. The summed E-state index contributed by atoms with van der Waals surface area (Å²) in [6.45, 7) is -2.06. The van der Waals surface area contributed by atoms with Crippen LogP contribution in [0.2, 0.25) is 0 Å². The minimum atomic E-state index is -3.25. The van der Waals surface area contributed by atoms with E-state index in [0.29, 0.717) is 6.42 Å². The van der Waals surface area contributed by atoms with Gasteiger partial charge < -0.3 is 10.4 Å². The zero-order valence-corrected chi connectivity index (χ0v) is 10.6. The zero-order valence-electron chi connectivity index (χ0n) is 9.79. The third-order valence-corrected chi connectivity index (χ3v) is 4.12. The van der Waals surface area contributed by atoms with Crippen molar-refractivity contribution in [3.8, 4) is 0 Å². The van der Waals surface area contributed by atoms with Crippen LogP contribution < -0.4 is 5.32 Å². The van der Waals surface area contributed by atoms with Crippen LogP contribution in [0, 0.1) is 0 Å². The highest BCUT2D eigenvalue weighted by Crippen LogP contribution is 2.35. The van der Waals surface area contributed by atoms with Gasteiger partial charge in [-0.15, -0.1) is 11.3 Å². The molecule has 1 heterocycles. The molecule has 0 aliphatic heterocycles. The first-order valence-electron chi connectivity index (χ1n) is 5.86. The van der Waals surface area contributed by atoms with E-state index in [4.69, 9.17) is 5.11 Å². The molecule has 0 fully saturated rings. The van der Waals surface area contributed by atoms with Crippen molar-refractivity contribution in [3.05, 3.63) is 21.9 Å².